The number of rotatable bonds is 5. The summed E-state index contributed by atoms with van der Waals surface area (Å²) in [6, 6.07) is 3.45. The summed E-state index contributed by atoms with van der Waals surface area (Å²) < 4.78 is 5.10. The number of thiophene rings is 1. The van der Waals surface area contributed by atoms with Crippen LogP contribution in [-0.4, -0.2) is 17.6 Å². The van der Waals surface area contributed by atoms with Gasteiger partial charge in [-0.3, -0.25) is 4.79 Å². The van der Waals surface area contributed by atoms with Gasteiger partial charge in [0.15, 0.2) is 0 Å². The summed E-state index contributed by atoms with van der Waals surface area (Å²) in [5.41, 5.74) is 1.74. The van der Waals surface area contributed by atoms with Gasteiger partial charge in [0.05, 0.1) is 11.8 Å². The van der Waals surface area contributed by atoms with Crippen molar-refractivity contribution in [2.24, 2.45) is 0 Å². The van der Waals surface area contributed by atoms with E-state index in [1.54, 1.807) is 23.5 Å². The molecule has 2 N–H and O–H groups in total. The Bertz CT molecular complexity index is 545. The summed E-state index contributed by atoms with van der Waals surface area (Å²) >= 11 is 1.57. The molecule has 0 saturated carbocycles. The molecule has 2 aromatic rings. The van der Waals surface area contributed by atoms with Gasteiger partial charge in [0.25, 0.3) is 5.91 Å². The van der Waals surface area contributed by atoms with Crippen LogP contribution in [0.1, 0.15) is 39.1 Å². The SMILES string of the molecule is Cc1scc(C(=O)NCCC(O)c2ccco2)c1C. The van der Waals surface area contributed by atoms with Gasteiger partial charge in [-0.25, -0.2) is 0 Å². The van der Waals surface area contributed by atoms with Crippen LogP contribution >= 0.6 is 11.3 Å². The molecular weight excluding hydrogens is 262 g/mol. The van der Waals surface area contributed by atoms with E-state index in [1.807, 2.05) is 19.2 Å². The number of aliphatic hydroxyl groups is 1. The number of carbonyl (C=O) groups excluding carboxylic acids is 1. The Morgan fingerprint density at radius 3 is 2.89 bits per heavy atom. The summed E-state index contributed by atoms with van der Waals surface area (Å²) in [6.45, 7) is 4.35. The van der Waals surface area contributed by atoms with Crippen molar-refractivity contribution in [2.75, 3.05) is 6.54 Å². The molecule has 0 bridgehead atoms. The van der Waals surface area contributed by atoms with Gasteiger partial charge in [-0.2, -0.15) is 0 Å². The van der Waals surface area contributed by atoms with Gasteiger partial charge in [-0.15, -0.1) is 11.3 Å². The highest BCUT2D eigenvalue weighted by molar-refractivity contribution is 7.10. The standard InChI is InChI=1S/C14H17NO3S/c1-9-10(2)19-8-11(9)14(17)15-6-5-12(16)13-4-3-7-18-13/h3-4,7-8,12,16H,5-6H2,1-2H3,(H,15,17). The highest BCUT2D eigenvalue weighted by Gasteiger charge is 2.14. The minimum absolute atomic E-state index is 0.0894. The Balaban J connectivity index is 1.83. The average Bonchev–Trinajstić information content (AvgIpc) is 3.01. The minimum atomic E-state index is -0.680. The van der Waals surface area contributed by atoms with E-state index in [0.29, 0.717) is 18.7 Å². The molecule has 1 amide bonds. The van der Waals surface area contributed by atoms with Gasteiger partial charge in [0.2, 0.25) is 0 Å². The smallest absolute Gasteiger partial charge is 0.252 e. The molecule has 102 valence electrons. The molecule has 0 aliphatic rings. The zero-order chi connectivity index (χ0) is 13.8. The number of hydrogen-bond acceptors (Lipinski definition) is 4. The summed E-state index contributed by atoms with van der Waals surface area (Å²) in [6.07, 6.45) is 1.27. The molecule has 1 atom stereocenters. The van der Waals surface area contributed by atoms with Crippen LogP contribution in [0.15, 0.2) is 28.2 Å². The maximum atomic E-state index is 11.9. The van der Waals surface area contributed by atoms with Gasteiger partial charge < -0.3 is 14.8 Å². The lowest BCUT2D eigenvalue weighted by molar-refractivity contribution is 0.0936. The Kier molecular flexibility index (Phi) is 4.39. The largest absolute Gasteiger partial charge is 0.467 e. The monoisotopic (exact) mass is 279 g/mol. The molecule has 4 nitrogen and oxygen atoms in total. The first-order valence-corrected chi connectivity index (χ1v) is 7.02. The highest BCUT2D eigenvalue weighted by Crippen LogP contribution is 2.20. The van der Waals surface area contributed by atoms with E-state index in [4.69, 9.17) is 4.42 Å². The number of carbonyl (C=O) groups is 1. The molecule has 0 radical (unpaired) electrons. The maximum absolute atomic E-state index is 11.9. The van der Waals surface area contributed by atoms with Gasteiger partial charge in [0, 0.05) is 16.8 Å². The first-order chi connectivity index (χ1) is 9.09. The number of aryl methyl sites for hydroxylation is 1. The van der Waals surface area contributed by atoms with E-state index in [0.717, 1.165) is 16.0 Å². The lowest BCUT2D eigenvalue weighted by Gasteiger charge is -2.09. The molecule has 2 aromatic heterocycles. The molecular formula is C14H17NO3S. The third-order valence-corrected chi connectivity index (χ3v) is 4.12. The minimum Gasteiger partial charge on any atom is -0.467 e. The first kappa shape index (κ1) is 13.8. The number of hydrogen-bond donors (Lipinski definition) is 2. The van der Waals surface area contributed by atoms with Gasteiger partial charge in [0.1, 0.15) is 11.9 Å². The molecule has 2 heterocycles. The van der Waals surface area contributed by atoms with E-state index in [1.165, 1.54) is 6.26 Å². The van der Waals surface area contributed by atoms with Gasteiger partial charge >= 0.3 is 0 Å². The van der Waals surface area contributed by atoms with Crippen LogP contribution in [0.4, 0.5) is 0 Å². The van der Waals surface area contributed by atoms with Crippen molar-refractivity contribution in [1.82, 2.24) is 5.32 Å². The van der Waals surface area contributed by atoms with Crippen molar-refractivity contribution in [3.05, 3.63) is 45.5 Å². The van der Waals surface area contributed by atoms with E-state index >= 15 is 0 Å². The quantitative estimate of drug-likeness (QED) is 0.884. The Hall–Kier alpha value is -1.59. The van der Waals surface area contributed by atoms with Crippen LogP contribution in [0.25, 0.3) is 0 Å². The second kappa shape index (κ2) is 6.04. The summed E-state index contributed by atoms with van der Waals surface area (Å²) in [5, 5.41) is 14.5. The van der Waals surface area contributed by atoms with E-state index < -0.39 is 6.10 Å². The Morgan fingerprint density at radius 1 is 1.53 bits per heavy atom. The lowest BCUT2D eigenvalue weighted by atomic mass is 10.1. The molecule has 0 aliphatic heterocycles. The molecule has 0 fully saturated rings. The van der Waals surface area contributed by atoms with Crippen molar-refractivity contribution in [3.63, 3.8) is 0 Å². The number of aliphatic hydroxyl groups excluding tert-OH is 1. The van der Waals surface area contributed by atoms with Crippen molar-refractivity contribution in [1.29, 1.82) is 0 Å². The lowest BCUT2D eigenvalue weighted by Crippen LogP contribution is -2.25. The molecule has 1 unspecified atom stereocenters. The van der Waals surface area contributed by atoms with Crippen molar-refractivity contribution < 1.29 is 14.3 Å². The number of nitrogens with one attached hydrogen (secondary N) is 1. The van der Waals surface area contributed by atoms with Crippen LogP contribution in [0.3, 0.4) is 0 Å². The Labute approximate surface area is 116 Å². The zero-order valence-corrected chi connectivity index (χ0v) is 11.8. The molecule has 0 aliphatic carbocycles. The molecule has 2 rings (SSSR count). The third-order valence-electron chi connectivity index (χ3n) is 3.11. The first-order valence-electron chi connectivity index (χ1n) is 6.14. The molecule has 0 saturated heterocycles. The fourth-order valence-corrected chi connectivity index (χ4v) is 2.64. The van der Waals surface area contributed by atoms with Crippen molar-refractivity contribution in [3.8, 4) is 0 Å². The molecule has 0 spiro atoms. The van der Waals surface area contributed by atoms with Crippen LogP contribution < -0.4 is 5.32 Å². The summed E-state index contributed by atoms with van der Waals surface area (Å²) in [5.74, 6) is 0.435. The van der Waals surface area contributed by atoms with Gasteiger partial charge in [-0.1, -0.05) is 0 Å². The number of amides is 1. The normalized spacial score (nSPS) is 12.4. The fourth-order valence-electron chi connectivity index (χ4n) is 1.78. The predicted molar refractivity (Wildman–Crippen MR) is 74.4 cm³/mol. The predicted octanol–water partition coefficient (Wildman–Crippen LogP) is 2.81. The van der Waals surface area contributed by atoms with Crippen molar-refractivity contribution >= 4 is 17.2 Å². The van der Waals surface area contributed by atoms with Crippen LogP contribution in [-0.2, 0) is 0 Å². The molecule has 5 heteroatoms. The van der Waals surface area contributed by atoms with Crippen LogP contribution in [0.2, 0.25) is 0 Å². The topological polar surface area (TPSA) is 62.5 Å². The van der Waals surface area contributed by atoms with Crippen molar-refractivity contribution in [2.45, 2.75) is 26.4 Å². The second-order valence-corrected chi connectivity index (χ2v) is 5.49. The van der Waals surface area contributed by atoms with Crippen LogP contribution in [0, 0.1) is 13.8 Å². The average molecular weight is 279 g/mol. The summed E-state index contributed by atoms with van der Waals surface area (Å²) in [4.78, 5) is 13.1. The van der Waals surface area contributed by atoms with E-state index in [2.05, 4.69) is 5.32 Å². The van der Waals surface area contributed by atoms with E-state index in [-0.39, 0.29) is 5.91 Å². The van der Waals surface area contributed by atoms with E-state index in [9.17, 15) is 9.90 Å². The summed E-state index contributed by atoms with van der Waals surface area (Å²) in [7, 11) is 0. The zero-order valence-electron chi connectivity index (χ0n) is 11.0. The highest BCUT2D eigenvalue weighted by atomic mass is 32.1. The second-order valence-electron chi connectivity index (χ2n) is 4.41. The third kappa shape index (κ3) is 3.24. The maximum Gasteiger partial charge on any atom is 0.252 e. The fraction of sp³-hybridized carbons (Fsp3) is 0.357. The van der Waals surface area contributed by atoms with Crippen LogP contribution in [0.5, 0.6) is 0 Å². The molecule has 19 heavy (non-hydrogen) atoms. The Morgan fingerprint density at radius 2 is 2.32 bits per heavy atom. The number of furan rings is 1. The van der Waals surface area contributed by atoms with Gasteiger partial charge in [-0.05, 0) is 38.0 Å². The molecule has 0 aromatic carbocycles.